The fourth-order valence-corrected chi connectivity index (χ4v) is 2.59. The van der Waals surface area contributed by atoms with Crippen LogP contribution in [-0.4, -0.2) is 12.1 Å². The zero-order chi connectivity index (χ0) is 14.0. The second-order valence-electron chi connectivity index (χ2n) is 4.44. The fourth-order valence-electron chi connectivity index (χ4n) is 2.10. The highest BCUT2D eigenvalue weighted by Gasteiger charge is 2.08. The number of aryl methyl sites for hydroxylation is 1. The molecule has 1 N–H and O–H groups in total. The van der Waals surface area contributed by atoms with Crippen molar-refractivity contribution in [2.24, 2.45) is 0 Å². The van der Waals surface area contributed by atoms with Crippen LogP contribution in [0.2, 0.25) is 0 Å². The number of benzene rings is 1. The van der Waals surface area contributed by atoms with Crippen LogP contribution in [-0.2, 0) is 6.42 Å². The van der Waals surface area contributed by atoms with Crippen molar-refractivity contribution >= 4 is 34.7 Å². The molecular formula is C15H16ClNOS. The Morgan fingerprint density at radius 3 is 2.84 bits per heavy atom. The minimum atomic E-state index is 0.740. The number of halogens is 1. The van der Waals surface area contributed by atoms with Crippen LogP contribution in [0.25, 0.3) is 10.9 Å². The molecule has 1 aromatic carbocycles. The molecule has 100 valence electrons. The summed E-state index contributed by atoms with van der Waals surface area (Å²) < 4.78 is 6.23. The predicted octanol–water partition coefficient (Wildman–Crippen LogP) is 4.90. The number of nitrogens with one attached hydrogen (secondary N) is 1. The van der Waals surface area contributed by atoms with E-state index in [1.165, 1.54) is 0 Å². The van der Waals surface area contributed by atoms with E-state index < -0.39 is 0 Å². The van der Waals surface area contributed by atoms with Crippen LogP contribution in [0.1, 0.15) is 18.2 Å². The van der Waals surface area contributed by atoms with Gasteiger partial charge in [0.2, 0.25) is 0 Å². The van der Waals surface area contributed by atoms with Gasteiger partial charge < -0.3 is 9.72 Å². The molecule has 2 rings (SSSR count). The first-order valence-corrected chi connectivity index (χ1v) is 6.84. The molecule has 0 unspecified atom stereocenters. The third kappa shape index (κ3) is 2.82. The van der Waals surface area contributed by atoms with Crippen molar-refractivity contribution in [2.45, 2.75) is 20.3 Å². The Bertz CT molecular complexity index is 699. The van der Waals surface area contributed by atoms with E-state index in [1.807, 2.05) is 38.1 Å². The molecule has 0 aliphatic carbocycles. The van der Waals surface area contributed by atoms with Crippen LogP contribution in [0.4, 0.5) is 0 Å². The van der Waals surface area contributed by atoms with Crippen LogP contribution in [0.3, 0.4) is 0 Å². The number of ether oxygens (including phenoxy) is 1. The molecule has 19 heavy (non-hydrogen) atoms. The number of allylic oxidation sites excluding steroid dienone is 2. The molecule has 0 aliphatic heterocycles. The summed E-state index contributed by atoms with van der Waals surface area (Å²) in [6.07, 6.45) is 2.71. The molecule has 0 radical (unpaired) electrons. The summed E-state index contributed by atoms with van der Waals surface area (Å²) in [5.41, 5.74) is 3.11. The van der Waals surface area contributed by atoms with Gasteiger partial charge in [-0.3, -0.25) is 0 Å². The Morgan fingerprint density at radius 2 is 2.21 bits per heavy atom. The Hall–Kier alpha value is -1.32. The number of rotatable bonds is 3. The maximum Gasteiger partial charge on any atom is 0.142 e. The van der Waals surface area contributed by atoms with E-state index in [0.29, 0.717) is 0 Å². The Morgan fingerprint density at radius 1 is 1.47 bits per heavy atom. The summed E-state index contributed by atoms with van der Waals surface area (Å²) in [6, 6.07) is 5.89. The molecular weight excluding hydrogens is 278 g/mol. The number of hydrogen-bond acceptors (Lipinski definition) is 2. The van der Waals surface area contributed by atoms with E-state index in [-0.39, 0.29) is 0 Å². The number of aromatic nitrogens is 1. The minimum absolute atomic E-state index is 0.740. The maximum absolute atomic E-state index is 5.90. The Kier molecular flexibility index (Phi) is 4.27. The molecule has 4 heteroatoms. The third-order valence-electron chi connectivity index (χ3n) is 3.12. The molecule has 0 fully saturated rings. The SMILES string of the molecule is COc1cccc2c(=S)c(C/C=C(/C)Cl)c(C)[nH]c12. The van der Waals surface area contributed by atoms with Crippen LogP contribution >= 0.6 is 23.8 Å². The third-order valence-corrected chi connectivity index (χ3v) is 3.74. The second kappa shape index (κ2) is 5.76. The first-order chi connectivity index (χ1) is 9.04. The molecule has 2 nitrogen and oxygen atoms in total. The van der Waals surface area contributed by atoms with Crippen molar-refractivity contribution in [3.8, 4) is 5.75 Å². The van der Waals surface area contributed by atoms with Gasteiger partial charge in [0.05, 0.1) is 17.1 Å². The lowest BCUT2D eigenvalue weighted by Gasteiger charge is -2.11. The summed E-state index contributed by atoms with van der Waals surface area (Å²) in [6.45, 7) is 3.89. The lowest BCUT2D eigenvalue weighted by molar-refractivity contribution is 0.419. The van der Waals surface area contributed by atoms with Crippen molar-refractivity contribution in [1.82, 2.24) is 4.98 Å². The van der Waals surface area contributed by atoms with Crippen LogP contribution < -0.4 is 4.74 Å². The highest BCUT2D eigenvalue weighted by atomic mass is 35.5. The van der Waals surface area contributed by atoms with Gasteiger partial charge in [-0.05, 0) is 31.9 Å². The quantitative estimate of drug-likeness (QED) is 0.814. The summed E-state index contributed by atoms with van der Waals surface area (Å²) in [5.74, 6) is 0.808. The van der Waals surface area contributed by atoms with E-state index in [2.05, 4.69) is 4.98 Å². The van der Waals surface area contributed by atoms with Gasteiger partial charge in [0, 0.05) is 16.1 Å². The van der Waals surface area contributed by atoms with Gasteiger partial charge in [-0.2, -0.15) is 0 Å². The monoisotopic (exact) mass is 293 g/mol. The Balaban J connectivity index is 2.69. The highest BCUT2D eigenvalue weighted by Crippen LogP contribution is 2.27. The van der Waals surface area contributed by atoms with E-state index in [9.17, 15) is 0 Å². The summed E-state index contributed by atoms with van der Waals surface area (Å²) in [7, 11) is 1.66. The summed E-state index contributed by atoms with van der Waals surface area (Å²) in [4.78, 5) is 3.38. The van der Waals surface area contributed by atoms with Crippen molar-refractivity contribution < 1.29 is 4.74 Å². The summed E-state index contributed by atoms with van der Waals surface area (Å²) in [5, 5.41) is 1.79. The predicted molar refractivity (Wildman–Crippen MR) is 83.7 cm³/mol. The van der Waals surface area contributed by atoms with Crippen LogP contribution in [0, 0.1) is 11.4 Å². The van der Waals surface area contributed by atoms with Gasteiger partial charge in [-0.1, -0.05) is 42.0 Å². The molecule has 0 saturated carbocycles. The number of hydrogen-bond donors (Lipinski definition) is 1. The first kappa shape index (κ1) is 14.1. The van der Waals surface area contributed by atoms with E-state index in [0.717, 1.165) is 43.9 Å². The number of aromatic amines is 1. The zero-order valence-corrected chi connectivity index (χ0v) is 12.8. The number of pyridine rings is 1. The Labute approximate surface area is 123 Å². The molecule has 1 aromatic heterocycles. The molecule has 0 atom stereocenters. The van der Waals surface area contributed by atoms with Crippen molar-refractivity contribution in [3.63, 3.8) is 0 Å². The largest absolute Gasteiger partial charge is 0.495 e. The summed E-state index contributed by atoms with van der Waals surface area (Å²) >= 11 is 11.5. The molecule has 0 amide bonds. The van der Waals surface area contributed by atoms with Gasteiger partial charge in [-0.25, -0.2) is 0 Å². The first-order valence-electron chi connectivity index (χ1n) is 6.05. The molecule has 1 heterocycles. The molecule has 2 aromatic rings. The van der Waals surface area contributed by atoms with E-state index in [4.69, 9.17) is 28.6 Å². The molecule has 0 saturated heterocycles. The second-order valence-corrected chi connectivity index (χ2v) is 5.44. The van der Waals surface area contributed by atoms with Gasteiger partial charge in [0.15, 0.2) is 0 Å². The lowest BCUT2D eigenvalue weighted by Crippen LogP contribution is -1.97. The van der Waals surface area contributed by atoms with Gasteiger partial charge in [-0.15, -0.1) is 0 Å². The van der Waals surface area contributed by atoms with Crippen molar-refractivity contribution in [2.75, 3.05) is 7.11 Å². The zero-order valence-electron chi connectivity index (χ0n) is 11.2. The van der Waals surface area contributed by atoms with Gasteiger partial charge >= 0.3 is 0 Å². The highest BCUT2D eigenvalue weighted by molar-refractivity contribution is 7.71. The fraction of sp³-hybridized carbons (Fsp3) is 0.267. The normalized spacial score (nSPS) is 11.9. The number of para-hydroxylation sites is 1. The smallest absolute Gasteiger partial charge is 0.142 e. The average molecular weight is 294 g/mol. The minimum Gasteiger partial charge on any atom is -0.495 e. The molecule has 0 bridgehead atoms. The standard InChI is InChI=1S/C15H16ClNOS/c1-9(16)7-8-11-10(2)17-14-12(15(11)19)5-4-6-13(14)18-3/h4-7H,8H2,1-3H3,(H,17,19)/b9-7-. The van der Waals surface area contributed by atoms with E-state index >= 15 is 0 Å². The lowest BCUT2D eigenvalue weighted by atomic mass is 10.1. The van der Waals surface area contributed by atoms with Crippen molar-refractivity contribution in [1.29, 1.82) is 0 Å². The van der Waals surface area contributed by atoms with Gasteiger partial charge in [0.25, 0.3) is 0 Å². The average Bonchev–Trinajstić information content (AvgIpc) is 2.37. The van der Waals surface area contributed by atoms with Crippen LogP contribution in [0.5, 0.6) is 5.75 Å². The van der Waals surface area contributed by atoms with Crippen molar-refractivity contribution in [3.05, 3.63) is 45.1 Å². The van der Waals surface area contributed by atoms with E-state index in [1.54, 1.807) is 7.11 Å². The van der Waals surface area contributed by atoms with Crippen LogP contribution in [0.15, 0.2) is 29.3 Å². The van der Waals surface area contributed by atoms with Gasteiger partial charge in [0.1, 0.15) is 5.75 Å². The topological polar surface area (TPSA) is 25.0 Å². The molecule has 0 spiro atoms. The number of fused-ring (bicyclic) bond motifs is 1. The number of H-pyrrole nitrogens is 1. The number of methoxy groups -OCH3 is 1. The maximum atomic E-state index is 5.90. The molecule has 0 aliphatic rings.